The van der Waals surface area contributed by atoms with Crippen LogP contribution in [-0.4, -0.2) is 62.3 Å². The Hall–Kier alpha value is -2.38. The molecule has 0 unspecified atom stereocenters. The second-order valence-corrected chi connectivity index (χ2v) is 10.3. The lowest BCUT2D eigenvalue weighted by Crippen LogP contribution is -2.37. The van der Waals surface area contributed by atoms with Gasteiger partial charge in [0.05, 0.1) is 30.9 Å². The summed E-state index contributed by atoms with van der Waals surface area (Å²) in [6, 6.07) is 6.49. The topological polar surface area (TPSA) is 128 Å². The predicted octanol–water partition coefficient (Wildman–Crippen LogP) is 2.00. The Morgan fingerprint density at radius 3 is 2.67 bits per heavy atom. The molecule has 0 aliphatic heterocycles. The first kappa shape index (κ1) is 23.9. The molecule has 2 aromatic rings. The summed E-state index contributed by atoms with van der Waals surface area (Å²) in [7, 11) is -2.45. The standard InChI is InChI=1S/C17H22N4O6S3/c1-11(2)27-13-7-5-6-12(8-13)21(30(4,24)25)9-14(22)18-16-19-20-17(29-16)28-10-15(23)26-3/h5-8,11H,9-10H2,1-4H3,(H,18,19,22). The lowest BCUT2D eigenvalue weighted by Gasteiger charge is -2.22. The Balaban J connectivity index is 2.08. The van der Waals surface area contributed by atoms with E-state index in [1.165, 1.54) is 7.11 Å². The zero-order chi connectivity index (χ0) is 22.3. The van der Waals surface area contributed by atoms with Gasteiger partial charge in [0.2, 0.25) is 21.1 Å². The quantitative estimate of drug-likeness (QED) is 0.312. The third kappa shape index (κ3) is 7.46. The number of benzene rings is 1. The second kappa shape index (κ2) is 10.6. The lowest BCUT2D eigenvalue weighted by atomic mass is 10.3. The number of anilines is 2. The number of ether oxygens (including phenoxy) is 2. The van der Waals surface area contributed by atoms with E-state index in [-0.39, 0.29) is 17.0 Å². The van der Waals surface area contributed by atoms with Gasteiger partial charge in [0.25, 0.3) is 0 Å². The first-order chi connectivity index (χ1) is 14.1. The van der Waals surface area contributed by atoms with Crippen molar-refractivity contribution in [1.82, 2.24) is 10.2 Å². The van der Waals surface area contributed by atoms with E-state index in [2.05, 4.69) is 20.3 Å². The minimum atomic E-state index is -3.74. The summed E-state index contributed by atoms with van der Waals surface area (Å²) >= 11 is 2.19. The van der Waals surface area contributed by atoms with Crippen molar-refractivity contribution < 1.29 is 27.5 Å². The minimum Gasteiger partial charge on any atom is -0.491 e. The number of sulfonamides is 1. The van der Waals surface area contributed by atoms with E-state index >= 15 is 0 Å². The maximum absolute atomic E-state index is 12.4. The fraction of sp³-hybridized carbons (Fsp3) is 0.412. The second-order valence-electron chi connectivity index (χ2n) is 6.22. The van der Waals surface area contributed by atoms with Gasteiger partial charge in [0, 0.05) is 6.07 Å². The van der Waals surface area contributed by atoms with Gasteiger partial charge in [0.15, 0.2) is 4.34 Å². The van der Waals surface area contributed by atoms with Crippen LogP contribution < -0.4 is 14.4 Å². The lowest BCUT2D eigenvalue weighted by molar-refractivity contribution is -0.137. The summed E-state index contributed by atoms with van der Waals surface area (Å²) in [5.41, 5.74) is 0.303. The van der Waals surface area contributed by atoms with Crippen molar-refractivity contribution in [3.8, 4) is 5.75 Å². The highest BCUT2D eigenvalue weighted by atomic mass is 32.2. The van der Waals surface area contributed by atoms with Gasteiger partial charge >= 0.3 is 5.97 Å². The third-order valence-electron chi connectivity index (χ3n) is 3.36. The fourth-order valence-corrected chi connectivity index (χ4v) is 4.62. The zero-order valence-corrected chi connectivity index (χ0v) is 19.3. The van der Waals surface area contributed by atoms with Gasteiger partial charge in [-0.1, -0.05) is 29.2 Å². The molecule has 1 amide bonds. The number of methoxy groups -OCH3 is 1. The number of hydrogen-bond donors (Lipinski definition) is 1. The number of carbonyl (C=O) groups excluding carboxylic acids is 2. The molecule has 1 aromatic carbocycles. The van der Waals surface area contributed by atoms with Crippen molar-refractivity contribution >= 4 is 55.8 Å². The Kier molecular flexibility index (Phi) is 8.43. The maximum atomic E-state index is 12.4. The number of amides is 1. The van der Waals surface area contributed by atoms with E-state index in [0.29, 0.717) is 15.8 Å². The van der Waals surface area contributed by atoms with Crippen molar-refractivity contribution in [3.63, 3.8) is 0 Å². The van der Waals surface area contributed by atoms with Gasteiger partial charge < -0.3 is 9.47 Å². The number of esters is 1. The monoisotopic (exact) mass is 474 g/mol. The first-order valence-electron chi connectivity index (χ1n) is 8.66. The molecule has 1 heterocycles. The van der Waals surface area contributed by atoms with Crippen LogP contribution in [0.5, 0.6) is 5.75 Å². The molecule has 1 aromatic heterocycles. The van der Waals surface area contributed by atoms with E-state index in [4.69, 9.17) is 4.74 Å². The van der Waals surface area contributed by atoms with Gasteiger partial charge in [-0.15, -0.1) is 10.2 Å². The van der Waals surface area contributed by atoms with Gasteiger partial charge in [0.1, 0.15) is 12.3 Å². The molecule has 13 heteroatoms. The van der Waals surface area contributed by atoms with E-state index in [9.17, 15) is 18.0 Å². The maximum Gasteiger partial charge on any atom is 0.316 e. The SMILES string of the molecule is COC(=O)CSc1nnc(NC(=O)CN(c2cccc(OC(C)C)c2)S(C)(=O)=O)s1. The normalized spacial score (nSPS) is 11.2. The highest BCUT2D eigenvalue weighted by molar-refractivity contribution is 8.01. The van der Waals surface area contributed by atoms with Crippen LogP contribution in [-0.2, 0) is 24.3 Å². The van der Waals surface area contributed by atoms with E-state index in [1.807, 2.05) is 13.8 Å². The number of thioether (sulfide) groups is 1. The highest BCUT2D eigenvalue weighted by Gasteiger charge is 2.22. The molecule has 0 radical (unpaired) electrons. The van der Waals surface area contributed by atoms with Crippen LogP contribution in [0, 0.1) is 0 Å². The minimum absolute atomic E-state index is 0.0652. The Labute approximate surface area is 183 Å². The van der Waals surface area contributed by atoms with Gasteiger partial charge in [-0.25, -0.2) is 8.42 Å². The van der Waals surface area contributed by atoms with Crippen LogP contribution in [0.4, 0.5) is 10.8 Å². The summed E-state index contributed by atoms with van der Waals surface area (Å²) in [4.78, 5) is 23.6. The number of nitrogens with zero attached hydrogens (tertiary/aromatic N) is 3. The van der Waals surface area contributed by atoms with Crippen LogP contribution in [0.2, 0.25) is 0 Å². The van der Waals surface area contributed by atoms with Crippen LogP contribution in [0.3, 0.4) is 0 Å². The van der Waals surface area contributed by atoms with Gasteiger partial charge in [-0.3, -0.25) is 19.2 Å². The molecule has 0 bridgehead atoms. The number of aromatic nitrogens is 2. The molecule has 0 spiro atoms. The summed E-state index contributed by atoms with van der Waals surface area (Å²) in [6.07, 6.45) is 0.932. The van der Waals surface area contributed by atoms with E-state index < -0.39 is 28.4 Å². The largest absolute Gasteiger partial charge is 0.491 e. The number of carbonyl (C=O) groups is 2. The van der Waals surface area contributed by atoms with Crippen molar-refractivity contribution in [2.24, 2.45) is 0 Å². The van der Waals surface area contributed by atoms with Gasteiger partial charge in [-0.2, -0.15) is 0 Å². The molecule has 10 nitrogen and oxygen atoms in total. The van der Waals surface area contributed by atoms with Crippen molar-refractivity contribution in [2.75, 3.05) is 35.3 Å². The Morgan fingerprint density at radius 1 is 1.30 bits per heavy atom. The van der Waals surface area contributed by atoms with Crippen molar-refractivity contribution in [3.05, 3.63) is 24.3 Å². The summed E-state index contributed by atoms with van der Waals surface area (Å²) in [5.74, 6) is -0.437. The smallest absolute Gasteiger partial charge is 0.316 e. The molecule has 0 aliphatic carbocycles. The van der Waals surface area contributed by atoms with Gasteiger partial charge in [-0.05, 0) is 26.0 Å². The van der Waals surface area contributed by atoms with E-state index in [1.54, 1.807) is 24.3 Å². The fourth-order valence-electron chi connectivity index (χ4n) is 2.17. The summed E-state index contributed by atoms with van der Waals surface area (Å²) in [6.45, 7) is 3.26. The van der Waals surface area contributed by atoms with Crippen molar-refractivity contribution in [2.45, 2.75) is 24.3 Å². The van der Waals surface area contributed by atoms with Crippen LogP contribution >= 0.6 is 23.1 Å². The zero-order valence-electron chi connectivity index (χ0n) is 16.8. The Morgan fingerprint density at radius 2 is 2.03 bits per heavy atom. The Bertz CT molecular complexity index is 993. The summed E-state index contributed by atoms with van der Waals surface area (Å²) < 4.78 is 36.1. The molecule has 2 rings (SSSR count). The molecule has 0 saturated heterocycles. The molecule has 164 valence electrons. The third-order valence-corrected chi connectivity index (χ3v) is 6.45. The van der Waals surface area contributed by atoms with Crippen LogP contribution in [0.15, 0.2) is 28.6 Å². The molecule has 0 fully saturated rings. The predicted molar refractivity (Wildman–Crippen MR) is 116 cm³/mol. The van der Waals surface area contributed by atoms with Crippen LogP contribution in [0.1, 0.15) is 13.8 Å². The molecule has 0 atom stereocenters. The highest BCUT2D eigenvalue weighted by Crippen LogP contribution is 2.26. The number of nitrogens with one attached hydrogen (secondary N) is 1. The van der Waals surface area contributed by atoms with E-state index in [0.717, 1.165) is 33.7 Å². The summed E-state index contributed by atoms with van der Waals surface area (Å²) in [5, 5.41) is 10.4. The van der Waals surface area contributed by atoms with Crippen LogP contribution in [0.25, 0.3) is 0 Å². The average molecular weight is 475 g/mol. The average Bonchev–Trinajstić information content (AvgIpc) is 3.10. The molecular formula is C17H22N4O6S3. The first-order valence-corrected chi connectivity index (χ1v) is 12.3. The number of hydrogen-bond acceptors (Lipinski definition) is 10. The molecule has 0 aliphatic rings. The molecular weight excluding hydrogens is 452 g/mol. The molecule has 30 heavy (non-hydrogen) atoms. The molecule has 0 saturated carbocycles. The number of rotatable bonds is 10. The molecule has 1 N–H and O–H groups in total. The van der Waals surface area contributed by atoms with Crippen molar-refractivity contribution in [1.29, 1.82) is 0 Å².